The molecule has 1 aromatic carbocycles. The molecule has 1 amide bonds. The first-order valence-corrected chi connectivity index (χ1v) is 6.57. The number of anilines is 2. The van der Waals surface area contributed by atoms with Gasteiger partial charge in [-0.1, -0.05) is 11.6 Å². The van der Waals surface area contributed by atoms with Crippen molar-refractivity contribution in [2.75, 3.05) is 24.3 Å². The van der Waals surface area contributed by atoms with E-state index in [9.17, 15) is 4.79 Å². The zero-order valence-corrected chi connectivity index (χ0v) is 12.4. The van der Waals surface area contributed by atoms with Gasteiger partial charge < -0.3 is 10.2 Å². The van der Waals surface area contributed by atoms with Gasteiger partial charge in [0.15, 0.2) is 0 Å². The highest BCUT2D eigenvalue weighted by atomic mass is 35.5. The molecule has 5 heteroatoms. The van der Waals surface area contributed by atoms with Crippen LogP contribution in [0.4, 0.5) is 11.4 Å². The van der Waals surface area contributed by atoms with Crippen molar-refractivity contribution in [2.24, 2.45) is 0 Å². The van der Waals surface area contributed by atoms with Crippen LogP contribution in [0.2, 0.25) is 5.15 Å². The van der Waals surface area contributed by atoms with Crippen molar-refractivity contribution in [3.05, 3.63) is 52.8 Å². The Balaban J connectivity index is 2.15. The Labute approximate surface area is 123 Å². The van der Waals surface area contributed by atoms with Crippen molar-refractivity contribution in [2.45, 2.75) is 6.92 Å². The minimum atomic E-state index is -0.164. The monoisotopic (exact) mass is 289 g/mol. The van der Waals surface area contributed by atoms with Crippen molar-refractivity contribution in [1.29, 1.82) is 0 Å². The highest BCUT2D eigenvalue weighted by Gasteiger charge is 2.09. The van der Waals surface area contributed by atoms with Gasteiger partial charge in [0.25, 0.3) is 5.91 Å². The summed E-state index contributed by atoms with van der Waals surface area (Å²) >= 11 is 5.79. The Morgan fingerprint density at radius 3 is 2.35 bits per heavy atom. The third kappa shape index (κ3) is 3.27. The minimum Gasteiger partial charge on any atom is -0.378 e. The van der Waals surface area contributed by atoms with E-state index in [2.05, 4.69) is 10.3 Å². The molecule has 0 aliphatic rings. The molecule has 0 atom stereocenters. The van der Waals surface area contributed by atoms with E-state index in [1.807, 2.05) is 31.1 Å². The van der Waals surface area contributed by atoms with Gasteiger partial charge in [0.2, 0.25) is 0 Å². The molecule has 20 heavy (non-hydrogen) atoms. The molecule has 1 heterocycles. The number of halogens is 1. The molecule has 0 saturated carbocycles. The molecule has 0 unspecified atom stereocenters. The first-order chi connectivity index (χ1) is 9.47. The number of nitrogens with zero attached hydrogens (tertiary/aromatic N) is 2. The second kappa shape index (κ2) is 5.92. The van der Waals surface area contributed by atoms with Crippen LogP contribution in [0.3, 0.4) is 0 Å². The van der Waals surface area contributed by atoms with E-state index in [0.29, 0.717) is 22.1 Å². The lowest BCUT2D eigenvalue weighted by Gasteiger charge is -2.13. The number of carbonyl (C=O) groups is 1. The number of aromatic nitrogens is 1. The molecule has 0 radical (unpaired) electrons. The van der Waals surface area contributed by atoms with Crippen molar-refractivity contribution in [1.82, 2.24) is 4.98 Å². The maximum Gasteiger partial charge on any atom is 0.255 e. The smallest absolute Gasteiger partial charge is 0.255 e. The van der Waals surface area contributed by atoms with E-state index < -0.39 is 0 Å². The third-order valence-electron chi connectivity index (χ3n) is 2.95. The van der Waals surface area contributed by atoms with E-state index in [4.69, 9.17) is 11.6 Å². The van der Waals surface area contributed by atoms with Gasteiger partial charge in [-0.05, 0) is 43.3 Å². The fourth-order valence-corrected chi connectivity index (χ4v) is 1.96. The van der Waals surface area contributed by atoms with E-state index in [1.54, 1.807) is 31.2 Å². The molecule has 0 aliphatic carbocycles. The minimum absolute atomic E-state index is 0.164. The number of hydrogen-bond acceptors (Lipinski definition) is 3. The highest BCUT2D eigenvalue weighted by molar-refractivity contribution is 6.29. The van der Waals surface area contributed by atoms with Crippen LogP contribution in [0.5, 0.6) is 0 Å². The number of carbonyl (C=O) groups excluding carboxylic acids is 1. The molecule has 2 aromatic rings. The first kappa shape index (κ1) is 14.3. The first-order valence-electron chi connectivity index (χ1n) is 6.19. The standard InChI is InChI=1S/C15H16ClN3O/c1-10-13(8-9-14(16)17-10)18-15(20)11-4-6-12(7-5-11)19(2)3/h4-9H,1-3H3,(H,18,20). The van der Waals surface area contributed by atoms with Gasteiger partial charge >= 0.3 is 0 Å². The van der Waals surface area contributed by atoms with E-state index in [1.165, 1.54) is 0 Å². The lowest BCUT2D eigenvalue weighted by molar-refractivity contribution is 0.102. The van der Waals surface area contributed by atoms with Crippen LogP contribution in [0.25, 0.3) is 0 Å². The topological polar surface area (TPSA) is 45.2 Å². The van der Waals surface area contributed by atoms with Gasteiger partial charge in [0, 0.05) is 25.3 Å². The summed E-state index contributed by atoms with van der Waals surface area (Å²) in [7, 11) is 3.91. The average Bonchev–Trinajstić information content (AvgIpc) is 2.42. The molecule has 1 N–H and O–H groups in total. The van der Waals surface area contributed by atoms with Crippen LogP contribution in [-0.2, 0) is 0 Å². The number of rotatable bonds is 3. The summed E-state index contributed by atoms with van der Waals surface area (Å²) in [5, 5.41) is 3.24. The number of hydrogen-bond donors (Lipinski definition) is 1. The van der Waals surface area contributed by atoms with Gasteiger partial charge in [0.05, 0.1) is 11.4 Å². The lowest BCUT2D eigenvalue weighted by Crippen LogP contribution is -2.14. The molecular weight excluding hydrogens is 274 g/mol. The Morgan fingerprint density at radius 1 is 1.15 bits per heavy atom. The zero-order chi connectivity index (χ0) is 14.7. The van der Waals surface area contributed by atoms with E-state index in [-0.39, 0.29) is 5.91 Å². The predicted octanol–water partition coefficient (Wildman–Crippen LogP) is 3.36. The summed E-state index contributed by atoms with van der Waals surface area (Å²) in [5.41, 5.74) is 3.00. The Kier molecular flexibility index (Phi) is 4.25. The number of benzene rings is 1. The van der Waals surface area contributed by atoms with Crippen LogP contribution in [0, 0.1) is 6.92 Å². The SMILES string of the molecule is Cc1nc(Cl)ccc1NC(=O)c1ccc(N(C)C)cc1. The number of amides is 1. The fourth-order valence-electron chi connectivity index (χ4n) is 1.77. The molecule has 4 nitrogen and oxygen atoms in total. The van der Waals surface area contributed by atoms with Crippen LogP contribution in [-0.4, -0.2) is 25.0 Å². The predicted molar refractivity (Wildman–Crippen MR) is 82.7 cm³/mol. The molecule has 0 aliphatic heterocycles. The van der Waals surface area contributed by atoms with Gasteiger partial charge in [-0.25, -0.2) is 4.98 Å². The van der Waals surface area contributed by atoms with Crippen molar-refractivity contribution < 1.29 is 4.79 Å². The maximum atomic E-state index is 12.1. The highest BCUT2D eigenvalue weighted by Crippen LogP contribution is 2.18. The summed E-state index contributed by atoms with van der Waals surface area (Å²) in [6, 6.07) is 10.8. The molecule has 0 fully saturated rings. The second-order valence-corrected chi connectivity index (χ2v) is 5.05. The summed E-state index contributed by atoms with van der Waals surface area (Å²) in [4.78, 5) is 18.2. The second-order valence-electron chi connectivity index (χ2n) is 4.66. The molecule has 1 aromatic heterocycles. The summed E-state index contributed by atoms with van der Waals surface area (Å²) in [5.74, 6) is -0.164. The number of nitrogens with one attached hydrogen (secondary N) is 1. The summed E-state index contributed by atoms with van der Waals surface area (Å²) < 4.78 is 0. The van der Waals surface area contributed by atoms with Crippen LogP contribution < -0.4 is 10.2 Å². The van der Waals surface area contributed by atoms with Gasteiger partial charge in [0.1, 0.15) is 5.15 Å². The average molecular weight is 290 g/mol. The zero-order valence-electron chi connectivity index (χ0n) is 11.6. The van der Waals surface area contributed by atoms with Crippen molar-refractivity contribution in [3.63, 3.8) is 0 Å². The Bertz CT molecular complexity index is 624. The van der Waals surface area contributed by atoms with Crippen LogP contribution >= 0.6 is 11.6 Å². The maximum absolute atomic E-state index is 12.1. The van der Waals surface area contributed by atoms with Gasteiger partial charge in [-0.15, -0.1) is 0 Å². The van der Waals surface area contributed by atoms with Crippen LogP contribution in [0.1, 0.15) is 16.1 Å². The Morgan fingerprint density at radius 2 is 1.80 bits per heavy atom. The molecule has 2 rings (SSSR count). The normalized spacial score (nSPS) is 10.2. The largest absolute Gasteiger partial charge is 0.378 e. The van der Waals surface area contributed by atoms with Crippen LogP contribution in [0.15, 0.2) is 36.4 Å². The number of aryl methyl sites for hydroxylation is 1. The molecule has 0 spiro atoms. The molecule has 0 bridgehead atoms. The summed E-state index contributed by atoms with van der Waals surface area (Å²) in [6.07, 6.45) is 0. The molecule has 0 saturated heterocycles. The number of pyridine rings is 1. The summed E-state index contributed by atoms with van der Waals surface area (Å²) in [6.45, 7) is 1.80. The van der Waals surface area contributed by atoms with Gasteiger partial charge in [-0.2, -0.15) is 0 Å². The quantitative estimate of drug-likeness (QED) is 0.881. The Hall–Kier alpha value is -2.07. The van der Waals surface area contributed by atoms with Crippen molar-refractivity contribution >= 4 is 28.9 Å². The van der Waals surface area contributed by atoms with Crippen molar-refractivity contribution in [3.8, 4) is 0 Å². The fraction of sp³-hybridized carbons (Fsp3) is 0.200. The molecule has 104 valence electrons. The van der Waals surface area contributed by atoms with E-state index in [0.717, 1.165) is 5.69 Å². The third-order valence-corrected chi connectivity index (χ3v) is 3.16. The van der Waals surface area contributed by atoms with E-state index >= 15 is 0 Å². The van der Waals surface area contributed by atoms with Gasteiger partial charge in [-0.3, -0.25) is 4.79 Å². The lowest BCUT2D eigenvalue weighted by atomic mass is 10.2. The molecular formula is C15H16ClN3O.